The van der Waals surface area contributed by atoms with E-state index in [1.807, 2.05) is 6.20 Å². The van der Waals surface area contributed by atoms with Gasteiger partial charge in [-0.2, -0.15) is 5.10 Å². The molecule has 1 aromatic carbocycles. The highest BCUT2D eigenvalue weighted by molar-refractivity contribution is 7.11. The Morgan fingerprint density at radius 3 is 2.85 bits per heavy atom. The number of thiazole rings is 1. The summed E-state index contributed by atoms with van der Waals surface area (Å²) in [6.07, 6.45) is 5.28. The maximum atomic E-state index is 14.7. The normalized spacial score (nSPS) is 18.8. The van der Waals surface area contributed by atoms with Gasteiger partial charge >= 0.3 is 11.9 Å². The number of carbonyl (C=O) groups is 2. The molecule has 12 heteroatoms. The van der Waals surface area contributed by atoms with Crippen molar-refractivity contribution in [3.63, 3.8) is 0 Å². The summed E-state index contributed by atoms with van der Waals surface area (Å²) in [6.45, 7) is 3.57. The Bertz CT molecular complexity index is 1480. The average molecular weight is 556 g/mol. The van der Waals surface area contributed by atoms with Gasteiger partial charge in [-0.15, -0.1) is 11.3 Å². The number of aryl methyl sites for hydroxylation is 2. The lowest BCUT2D eigenvalue weighted by Crippen LogP contribution is -2.38. The van der Waals surface area contributed by atoms with Crippen LogP contribution in [0, 0.1) is 24.5 Å². The van der Waals surface area contributed by atoms with Crippen LogP contribution in [0.3, 0.4) is 0 Å². The predicted molar refractivity (Wildman–Crippen MR) is 139 cm³/mol. The lowest BCUT2D eigenvalue weighted by atomic mass is 9.81. The van der Waals surface area contributed by atoms with Crippen molar-refractivity contribution >= 4 is 29.1 Å². The first kappa shape index (κ1) is 26.7. The fraction of sp³-hybridized carbons (Fsp3) is 0.370. The predicted octanol–water partition coefficient (Wildman–Crippen LogP) is 4.11. The number of fused-ring (bicyclic) bond motifs is 1. The molecule has 2 aromatic heterocycles. The minimum absolute atomic E-state index is 0.0351. The van der Waals surface area contributed by atoms with E-state index in [0.29, 0.717) is 41.4 Å². The molecule has 0 bridgehead atoms. The van der Waals surface area contributed by atoms with Crippen LogP contribution in [0.1, 0.15) is 53.2 Å². The van der Waals surface area contributed by atoms with Crippen molar-refractivity contribution in [1.82, 2.24) is 20.1 Å². The molecule has 204 valence electrons. The molecule has 0 spiro atoms. The minimum atomic E-state index is -0.988. The van der Waals surface area contributed by atoms with Gasteiger partial charge in [-0.3, -0.25) is 14.5 Å². The summed E-state index contributed by atoms with van der Waals surface area (Å²) in [5.41, 5.74) is 3.14. The zero-order valence-electron chi connectivity index (χ0n) is 21.4. The standard InChI is InChI=1S/C27H27F2N5O4S/c1-3-38-27(37)21-23(15-4-7-19-16(12-15)13-34(33-19)10-8-20(35)36)31-25(26-30-9-11-39-26)32-24(21)17-5-6-18(28)22(29)14(17)2/h5-6,9,11,13,15,24H,3-4,7-8,10,12H2,1-2H3,(H,31,32)(H,35,36). The van der Waals surface area contributed by atoms with Gasteiger partial charge in [0.05, 0.1) is 30.8 Å². The number of hydrogen-bond acceptors (Lipinski definition) is 8. The molecule has 3 aromatic rings. The van der Waals surface area contributed by atoms with E-state index in [4.69, 9.17) is 14.8 Å². The molecule has 2 unspecified atom stereocenters. The third-order valence-electron chi connectivity index (χ3n) is 6.96. The van der Waals surface area contributed by atoms with Crippen molar-refractivity contribution in [1.29, 1.82) is 0 Å². The van der Waals surface area contributed by atoms with Crippen LogP contribution >= 0.6 is 11.3 Å². The van der Waals surface area contributed by atoms with Gasteiger partial charge in [0.25, 0.3) is 0 Å². The largest absolute Gasteiger partial charge is 0.481 e. The Kier molecular flexibility index (Phi) is 7.56. The number of benzene rings is 1. The van der Waals surface area contributed by atoms with E-state index in [0.717, 1.165) is 17.3 Å². The van der Waals surface area contributed by atoms with Gasteiger partial charge < -0.3 is 15.2 Å². The number of esters is 1. The molecule has 2 atom stereocenters. The number of carboxylic acids is 1. The van der Waals surface area contributed by atoms with Gasteiger partial charge in [0.15, 0.2) is 22.5 Å². The van der Waals surface area contributed by atoms with Crippen LogP contribution in [0.15, 0.2) is 46.2 Å². The average Bonchev–Trinajstić information content (AvgIpc) is 3.60. The number of hydrogen-bond donors (Lipinski definition) is 2. The topological polar surface area (TPSA) is 119 Å². The molecule has 2 aliphatic rings. The van der Waals surface area contributed by atoms with E-state index in [-0.39, 0.29) is 36.6 Å². The van der Waals surface area contributed by atoms with Gasteiger partial charge in [-0.05, 0) is 55.9 Å². The molecular weight excluding hydrogens is 528 g/mol. The van der Waals surface area contributed by atoms with Crippen LogP contribution in [-0.4, -0.2) is 44.3 Å². The Hall–Kier alpha value is -3.93. The molecule has 0 saturated heterocycles. The number of rotatable bonds is 8. The number of aromatic nitrogens is 3. The maximum Gasteiger partial charge on any atom is 0.338 e. The Labute approximate surface area is 227 Å². The second kappa shape index (κ2) is 11.0. The first-order chi connectivity index (χ1) is 18.8. The molecule has 0 amide bonds. The van der Waals surface area contributed by atoms with Gasteiger partial charge in [0.1, 0.15) is 6.04 Å². The first-order valence-electron chi connectivity index (χ1n) is 12.6. The monoisotopic (exact) mass is 555 g/mol. The zero-order valence-corrected chi connectivity index (χ0v) is 22.2. The second-order valence-corrected chi connectivity index (χ2v) is 10.3. The molecule has 0 saturated carbocycles. The van der Waals surface area contributed by atoms with Crippen molar-refractivity contribution in [2.45, 2.75) is 52.1 Å². The Balaban J connectivity index is 1.60. The lowest BCUT2D eigenvalue weighted by Gasteiger charge is -2.33. The summed E-state index contributed by atoms with van der Waals surface area (Å²) >= 11 is 1.37. The summed E-state index contributed by atoms with van der Waals surface area (Å²) in [7, 11) is 0. The number of halogens is 2. The van der Waals surface area contributed by atoms with Gasteiger partial charge in [-0.25, -0.2) is 18.6 Å². The summed E-state index contributed by atoms with van der Waals surface area (Å²) in [4.78, 5) is 33.6. The minimum Gasteiger partial charge on any atom is -0.481 e. The third kappa shape index (κ3) is 5.33. The first-order valence-corrected chi connectivity index (χ1v) is 13.5. The Morgan fingerprint density at radius 2 is 2.13 bits per heavy atom. The molecule has 9 nitrogen and oxygen atoms in total. The summed E-state index contributed by atoms with van der Waals surface area (Å²) < 4.78 is 35.8. The highest BCUT2D eigenvalue weighted by Gasteiger charge is 2.38. The third-order valence-corrected chi connectivity index (χ3v) is 7.74. The molecule has 1 aliphatic carbocycles. The van der Waals surface area contributed by atoms with Crippen molar-refractivity contribution in [3.8, 4) is 0 Å². The lowest BCUT2D eigenvalue weighted by molar-refractivity contribution is -0.139. The molecular formula is C27H27F2N5O4S. The van der Waals surface area contributed by atoms with Crippen LogP contribution in [0.5, 0.6) is 0 Å². The number of nitrogens with one attached hydrogen (secondary N) is 1. The summed E-state index contributed by atoms with van der Waals surface area (Å²) in [5, 5.41) is 19.3. The highest BCUT2D eigenvalue weighted by atomic mass is 32.1. The number of carbonyl (C=O) groups excluding carboxylic acids is 1. The molecule has 5 rings (SSSR count). The molecule has 1 aliphatic heterocycles. The van der Waals surface area contributed by atoms with Gasteiger partial charge in [0, 0.05) is 29.4 Å². The summed E-state index contributed by atoms with van der Waals surface area (Å²) in [6, 6.07) is 1.56. The highest BCUT2D eigenvalue weighted by Crippen LogP contribution is 2.40. The van der Waals surface area contributed by atoms with Crippen LogP contribution < -0.4 is 5.32 Å². The van der Waals surface area contributed by atoms with Crippen LogP contribution in [0.2, 0.25) is 0 Å². The van der Waals surface area contributed by atoms with Crippen LogP contribution in [-0.2, 0) is 33.7 Å². The number of aliphatic carboxylic acids is 1. The smallest absolute Gasteiger partial charge is 0.338 e. The van der Waals surface area contributed by atoms with Crippen molar-refractivity contribution < 1.29 is 28.2 Å². The van der Waals surface area contributed by atoms with Crippen LogP contribution in [0.25, 0.3) is 0 Å². The Morgan fingerprint density at radius 1 is 1.31 bits per heavy atom. The van der Waals surface area contributed by atoms with E-state index < -0.39 is 29.6 Å². The SMILES string of the molecule is CCOC(=O)C1=C(C2CCc3nn(CCC(=O)O)cc3C2)NC(c2nccs2)=NC1c1ccc(F)c(F)c1C. The molecule has 0 radical (unpaired) electrons. The molecule has 0 fully saturated rings. The molecule has 39 heavy (non-hydrogen) atoms. The summed E-state index contributed by atoms with van der Waals surface area (Å²) in [5.74, 6) is -3.17. The molecule has 2 N–H and O–H groups in total. The van der Waals surface area contributed by atoms with E-state index in [2.05, 4.69) is 15.4 Å². The molecule has 3 heterocycles. The number of ether oxygens (including phenoxy) is 1. The number of nitrogens with zero attached hydrogens (tertiary/aromatic N) is 4. The van der Waals surface area contributed by atoms with E-state index in [1.54, 1.807) is 23.2 Å². The van der Waals surface area contributed by atoms with Gasteiger partial charge in [-0.1, -0.05) is 6.07 Å². The van der Waals surface area contributed by atoms with Gasteiger partial charge in [0.2, 0.25) is 0 Å². The van der Waals surface area contributed by atoms with Crippen molar-refractivity contribution in [2.24, 2.45) is 10.9 Å². The fourth-order valence-corrected chi connectivity index (χ4v) is 5.68. The number of carboxylic acid groups (broad SMARTS) is 1. The second-order valence-electron chi connectivity index (χ2n) is 9.41. The van der Waals surface area contributed by atoms with Crippen LogP contribution in [0.4, 0.5) is 8.78 Å². The number of aliphatic imine (C=N–C) groups is 1. The van der Waals surface area contributed by atoms with Crippen molar-refractivity contribution in [2.75, 3.05) is 6.61 Å². The maximum absolute atomic E-state index is 14.7. The number of allylic oxidation sites excluding steroid dienone is 1. The van der Waals surface area contributed by atoms with E-state index in [1.165, 1.54) is 24.3 Å². The fourth-order valence-electron chi connectivity index (χ4n) is 5.09. The van der Waals surface area contributed by atoms with E-state index >= 15 is 0 Å². The van der Waals surface area contributed by atoms with E-state index in [9.17, 15) is 18.4 Å². The number of amidine groups is 1. The zero-order chi connectivity index (χ0) is 27.7. The van der Waals surface area contributed by atoms with Crippen molar-refractivity contribution in [3.05, 3.63) is 80.2 Å². The quantitative estimate of drug-likeness (QED) is 0.402.